The van der Waals surface area contributed by atoms with Crippen LogP contribution in [0.4, 0.5) is 8.78 Å². The molecule has 6 aromatic heterocycles. The lowest BCUT2D eigenvalue weighted by Crippen LogP contribution is -2.41. The van der Waals surface area contributed by atoms with Gasteiger partial charge in [-0.2, -0.15) is 0 Å². The van der Waals surface area contributed by atoms with Crippen molar-refractivity contribution in [1.29, 1.82) is 0 Å². The van der Waals surface area contributed by atoms with E-state index in [-0.39, 0.29) is 54.9 Å². The SMILES string of the molecule is Cc1ccc(COc2cccc(C3CCN(Cc4nc5cc(-n6cc(C7CCCOC7)nn6)ccc5n4CC4OCC4c4cc(OCc5ccc(Cl)cc5F)nc(C5CCN(Cc6nc7cc(-n8cc(C)nn8)ccc7n6CC6CCO6)CC5)c4)CC3)n2)c(F)c1. The van der Waals surface area contributed by atoms with Crippen LogP contribution >= 0.6 is 11.6 Å². The van der Waals surface area contributed by atoms with Gasteiger partial charge in [0.25, 0.3) is 0 Å². The molecule has 0 saturated carbocycles. The third-order valence-electron chi connectivity index (χ3n) is 19.1. The minimum Gasteiger partial charge on any atom is -0.473 e. The van der Waals surface area contributed by atoms with Crippen LogP contribution in [0.2, 0.25) is 5.02 Å². The Bertz CT molecular complexity index is 4240. The molecule has 22 heteroatoms. The molecule has 5 fully saturated rings. The van der Waals surface area contributed by atoms with E-state index in [1.54, 1.807) is 22.9 Å². The summed E-state index contributed by atoms with van der Waals surface area (Å²) in [5.41, 5.74) is 12.2. The van der Waals surface area contributed by atoms with E-state index in [1.165, 1.54) is 12.1 Å². The molecule has 5 saturated heterocycles. The average Bonchev–Trinajstić information content (AvgIpc) is 1.77. The highest BCUT2D eigenvalue weighted by Gasteiger charge is 2.37. The van der Waals surface area contributed by atoms with Crippen molar-refractivity contribution in [3.8, 4) is 23.1 Å². The van der Waals surface area contributed by atoms with E-state index in [0.29, 0.717) is 60.8 Å². The molecule has 0 spiro atoms. The molecule has 19 nitrogen and oxygen atoms in total. The molecule has 10 aromatic rings. The maximum Gasteiger partial charge on any atom is 0.214 e. The van der Waals surface area contributed by atoms with Gasteiger partial charge in [0.15, 0.2) is 0 Å². The summed E-state index contributed by atoms with van der Waals surface area (Å²) in [6.07, 6.45) is 10.6. The number of pyridine rings is 2. The van der Waals surface area contributed by atoms with Crippen LogP contribution in [0, 0.1) is 25.5 Å². The largest absolute Gasteiger partial charge is 0.473 e. The van der Waals surface area contributed by atoms with E-state index in [1.807, 2.05) is 55.2 Å². The Labute approximate surface area is 531 Å². The maximum absolute atomic E-state index is 15.3. The van der Waals surface area contributed by atoms with Gasteiger partial charge in [-0.05, 0) is 163 Å². The summed E-state index contributed by atoms with van der Waals surface area (Å²) in [5.74, 6) is 2.83. The zero-order chi connectivity index (χ0) is 61.5. The zero-order valence-corrected chi connectivity index (χ0v) is 52.0. The van der Waals surface area contributed by atoms with Crippen molar-refractivity contribution in [3.05, 3.63) is 189 Å². The number of halogens is 3. The van der Waals surface area contributed by atoms with Crippen LogP contribution in [0.5, 0.6) is 11.8 Å². The van der Waals surface area contributed by atoms with E-state index in [9.17, 15) is 4.39 Å². The molecule has 0 amide bonds. The number of rotatable bonds is 20. The van der Waals surface area contributed by atoms with Crippen LogP contribution in [-0.2, 0) is 53.6 Å². The quantitative estimate of drug-likeness (QED) is 0.0704. The standard InChI is InChI=1S/C69H73ClF2N14O5/c1-43-8-9-47(56(71)27-43)40-90-68-7-3-6-58(75-68)45-16-21-81(22-17-45)38-67-74-61-32-53(86-35-62(78-80-86)49-5-4-25-87-39-49)13-15-64(61)84(67)36-65-55(42-89-65)50-28-59(76-69(29-50)91-41-48-10-11-51(70)30-57(48)72)46-18-23-82(24-19-46)37-66-73-60-31-52(85-33-44(2)77-79-85)12-14-63(60)83(66)34-54-20-26-88-54/h3,6-15,27-33,35,45-46,49,54-55,65H,4-5,16-26,34,36-42H2,1-2H3. The van der Waals surface area contributed by atoms with Crippen LogP contribution in [0.1, 0.15) is 125 Å². The van der Waals surface area contributed by atoms with Crippen molar-refractivity contribution in [1.82, 2.24) is 68.9 Å². The first kappa shape index (κ1) is 59.3. The summed E-state index contributed by atoms with van der Waals surface area (Å²) < 4.78 is 69.1. The van der Waals surface area contributed by atoms with Crippen molar-refractivity contribution in [2.75, 3.05) is 52.6 Å². The third kappa shape index (κ3) is 13.0. The van der Waals surface area contributed by atoms with Crippen LogP contribution in [-0.4, -0.2) is 134 Å². The van der Waals surface area contributed by atoms with Crippen LogP contribution in [0.15, 0.2) is 116 Å². The second kappa shape index (κ2) is 25.9. The molecular weight excluding hydrogens is 1180 g/mol. The Morgan fingerprint density at radius 2 is 1.22 bits per heavy atom. The molecule has 0 N–H and O–H groups in total. The summed E-state index contributed by atoms with van der Waals surface area (Å²) in [5, 5.41) is 18.0. The number of likely N-dealkylation sites (tertiary alicyclic amines) is 2. The van der Waals surface area contributed by atoms with Crippen LogP contribution in [0.3, 0.4) is 0 Å². The first-order chi connectivity index (χ1) is 44.5. The molecule has 0 radical (unpaired) electrons. The Morgan fingerprint density at radius 1 is 0.571 bits per heavy atom. The van der Waals surface area contributed by atoms with Gasteiger partial charge in [0, 0.05) is 76.6 Å². The Hall–Kier alpha value is -8.05. The number of ether oxygens (including phenoxy) is 5. The highest BCUT2D eigenvalue weighted by molar-refractivity contribution is 6.30. The molecule has 5 aliphatic heterocycles. The first-order valence-corrected chi connectivity index (χ1v) is 32.4. The lowest BCUT2D eigenvalue weighted by molar-refractivity contribution is -0.0850. The van der Waals surface area contributed by atoms with E-state index >= 15 is 4.39 Å². The monoisotopic (exact) mass is 1250 g/mol. The number of hydrogen-bond acceptors (Lipinski definition) is 15. The first-order valence-electron chi connectivity index (χ1n) is 32.0. The van der Waals surface area contributed by atoms with E-state index in [0.717, 1.165) is 170 Å². The maximum atomic E-state index is 15.3. The highest BCUT2D eigenvalue weighted by atomic mass is 35.5. The summed E-state index contributed by atoms with van der Waals surface area (Å²) in [6, 6.07) is 32.7. The predicted octanol–water partition coefficient (Wildman–Crippen LogP) is 11.7. The van der Waals surface area contributed by atoms with Gasteiger partial charge in [-0.15, -0.1) is 10.2 Å². The van der Waals surface area contributed by atoms with Crippen molar-refractivity contribution in [2.24, 2.45) is 0 Å². The molecule has 470 valence electrons. The van der Waals surface area contributed by atoms with Gasteiger partial charge in [-0.25, -0.2) is 38.1 Å². The predicted molar refractivity (Wildman–Crippen MR) is 338 cm³/mol. The van der Waals surface area contributed by atoms with Gasteiger partial charge in [-0.1, -0.05) is 46.3 Å². The van der Waals surface area contributed by atoms with E-state index in [4.69, 9.17) is 55.2 Å². The Kier molecular flexibility index (Phi) is 16.9. The van der Waals surface area contributed by atoms with Crippen molar-refractivity contribution >= 4 is 33.7 Å². The van der Waals surface area contributed by atoms with Gasteiger partial charge in [0.1, 0.15) is 36.5 Å². The van der Waals surface area contributed by atoms with Crippen molar-refractivity contribution in [2.45, 2.75) is 134 Å². The average molecular weight is 1250 g/mol. The number of benzene rings is 4. The summed E-state index contributed by atoms with van der Waals surface area (Å²) >= 11 is 6.17. The molecular formula is C69H73ClF2N14O5. The normalized spacial score (nSPS) is 20.3. The fourth-order valence-electron chi connectivity index (χ4n) is 13.6. The lowest BCUT2D eigenvalue weighted by Gasteiger charge is -2.39. The number of nitrogens with zero attached hydrogens (tertiary/aromatic N) is 14. The minimum absolute atomic E-state index is 0.00250. The summed E-state index contributed by atoms with van der Waals surface area (Å²) in [6.45, 7) is 12.7. The molecule has 15 rings (SSSR count). The van der Waals surface area contributed by atoms with Gasteiger partial charge in [0.05, 0.1) is 109 Å². The van der Waals surface area contributed by atoms with Gasteiger partial charge in [0.2, 0.25) is 11.8 Å². The molecule has 0 aliphatic carbocycles. The minimum atomic E-state index is -0.426. The molecule has 4 atom stereocenters. The summed E-state index contributed by atoms with van der Waals surface area (Å²) in [7, 11) is 0. The molecule has 11 heterocycles. The third-order valence-corrected chi connectivity index (χ3v) is 19.3. The van der Waals surface area contributed by atoms with E-state index in [2.05, 4.69) is 88.1 Å². The highest BCUT2D eigenvalue weighted by Crippen LogP contribution is 2.39. The molecule has 4 aromatic carbocycles. The van der Waals surface area contributed by atoms with Gasteiger partial charge < -0.3 is 32.8 Å². The van der Waals surface area contributed by atoms with Gasteiger partial charge in [-0.3, -0.25) is 9.80 Å². The number of aryl methyl sites for hydroxylation is 2. The number of piperidine rings is 2. The Morgan fingerprint density at radius 3 is 1.85 bits per heavy atom. The smallest absolute Gasteiger partial charge is 0.214 e. The fourth-order valence-corrected chi connectivity index (χ4v) is 13.8. The molecule has 4 unspecified atom stereocenters. The number of fused-ring (bicyclic) bond motifs is 2. The fraction of sp³-hybridized carbons (Fsp3) is 0.420. The molecule has 91 heavy (non-hydrogen) atoms. The zero-order valence-electron chi connectivity index (χ0n) is 51.2. The Balaban J connectivity index is 0.677. The van der Waals surface area contributed by atoms with Crippen LogP contribution < -0.4 is 9.47 Å². The van der Waals surface area contributed by atoms with Gasteiger partial charge >= 0.3 is 0 Å². The second-order valence-corrected chi connectivity index (χ2v) is 25.7. The number of hydrogen-bond donors (Lipinski definition) is 0. The lowest BCUT2D eigenvalue weighted by atomic mass is 9.86. The molecule has 0 bridgehead atoms. The van der Waals surface area contributed by atoms with Crippen molar-refractivity contribution < 1.29 is 32.5 Å². The second-order valence-electron chi connectivity index (χ2n) is 25.3. The number of aromatic nitrogens is 12. The number of imidazole rings is 2. The topological polar surface area (TPSA) is 175 Å². The molecule has 5 aliphatic rings. The van der Waals surface area contributed by atoms with Crippen molar-refractivity contribution in [3.63, 3.8) is 0 Å². The van der Waals surface area contributed by atoms with E-state index < -0.39 is 5.82 Å². The summed E-state index contributed by atoms with van der Waals surface area (Å²) in [4.78, 5) is 25.8. The van der Waals surface area contributed by atoms with Crippen LogP contribution in [0.25, 0.3) is 33.4 Å².